The molecule has 0 saturated carbocycles. The molecule has 0 N–H and O–H groups in total. The summed E-state index contributed by atoms with van der Waals surface area (Å²) in [5, 5.41) is 4.45. The van der Waals surface area contributed by atoms with Crippen LogP contribution in [-0.4, -0.2) is 36.9 Å². The predicted octanol–water partition coefficient (Wildman–Crippen LogP) is 4.31. The second-order valence-electron chi connectivity index (χ2n) is 7.10. The number of halogens is 1. The number of benzene rings is 1. The van der Waals surface area contributed by atoms with Gasteiger partial charge >= 0.3 is 0 Å². The first-order valence-electron chi connectivity index (χ1n) is 9.48. The molecule has 1 aromatic carbocycles. The molecule has 7 heteroatoms. The Bertz CT molecular complexity index is 1220. The van der Waals surface area contributed by atoms with Gasteiger partial charge in [0.15, 0.2) is 5.65 Å². The first-order chi connectivity index (χ1) is 14.1. The molecule has 4 aromatic rings. The molecule has 144 valence electrons. The van der Waals surface area contributed by atoms with Crippen molar-refractivity contribution in [2.45, 2.75) is 19.4 Å². The van der Waals surface area contributed by atoms with Crippen molar-refractivity contribution in [1.29, 1.82) is 0 Å². The van der Waals surface area contributed by atoms with Crippen LogP contribution in [0.15, 0.2) is 65.4 Å². The van der Waals surface area contributed by atoms with E-state index in [0.717, 1.165) is 17.8 Å². The summed E-state index contributed by atoms with van der Waals surface area (Å²) in [7, 11) is 0. The van der Waals surface area contributed by atoms with E-state index in [9.17, 15) is 4.79 Å². The smallest absolute Gasteiger partial charge is 0.273 e. The number of rotatable bonds is 2. The average molecular weight is 448 g/mol. The highest BCUT2D eigenvalue weighted by molar-refractivity contribution is 9.10. The predicted molar refractivity (Wildman–Crippen MR) is 114 cm³/mol. The van der Waals surface area contributed by atoms with Gasteiger partial charge in [-0.25, -0.2) is 9.50 Å². The van der Waals surface area contributed by atoms with E-state index >= 15 is 0 Å². The highest BCUT2D eigenvalue weighted by atomic mass is 79.9. The number of fused-ring (bicyclic) bond motifs is 2. The normalized spacial score (nSPS) is 16.1. The fraction of sp³-hybridized carbons (Fsp3) is 0.182. The van der Waals surface area contributed by atoms with E-state index in [-0.39, 0.29) is 11.9 Å². The van der Waals surface area contributed by atoms with Crippen molar-refractivity contribution in [2.75, 3.05) is 6.54 Å². The van der Waals surface area contributed by atoms with Crippen molar-refractivity contribution in [3.63, 3.8) is 0 Å². The fourth-order valence-electron chi connectivity index (χ4n) is 3.95. The Morgan fingerprint density at radius 3 is 2.79 bits per heavy atom. The Balaban J connectivity index is 1.60. The first kappa shape index (κ1) is 18.0. The van der Waals surface area contributed by atoms with Gasteiger partial charge in [0, 0.05) is 18.8 Å². The van der Waals surface area contributed by atoms with Gasteiger partial charge in [0.1, 0.15) is 10.3 Å². The summed E-state index contributed by atoms with van der Waals surface area (Å²) in [5.41, 5.74) is 4.98. The molecule has 0 radical (unpaired) electrons. The van der Waals surface area contributed by atoms with Gasteiger partial charge in [0.2, 0.25) is 0 Å². The lowest BCUT2D eigenvalue weighted by atomic mass is 9.93. The summed E-state index contributed by atoms with van der Waals surface area (Å²) in [6.07, 6.45) is 2.57. The quantitative estimate of drug-likeness (QED) is 0.459. The van der Waals surface area contributed by atoms with Crippen LogP contribution in [-0.2, 0) is 6.42 Å². The number of nitrogens with zero attached hydrogens (tertiary/aromatic N) is 5. The maximum Gasteiger partial charge on any atom is 0.273 e. The molecule has 1 aliphatic heterocycles. The third kappa shape index (κ3) is 3.11. The Morgan fingerprint density at radius 1 is 1.14 bits per heavy atom. The van der Waals surface area contributed by atoms with E-state index in [4.69, 9.17) is 0 Å². The van der Waals surface area contributed by atoms with E-state index in [1.807, 2.05) is 29.2 Å². The molecule has 1 amide bonds. The zero-order valence-corrected chi connectivity index (χ0v) is 17.4. The second-order valence-corrected chi connectivity index (χ2v) is 7.91. The van der Waals surface area contributed by atoms with E-state index in [0.29, 0.717) is 22.5 Å². The van der Waals surface area contributed by atoms with E-state index in [1.165, 1.54) is 11.1 Å². The van der Waals surface area contributed by atoms with Gasteiger partial charge in [-0.1, -0.05) is 30.3 Å². The van der Waals surface area contributed by atoms with Crippen LogP contribution >= 0.6 is 15.9 Å². The minimum Gasteiger partial charge on any atom is -0.330 e. The van der Waals surface area contributed by atoms with Crippen molar-refractivity contribution in [1.82, 2.24) is 24.5 Å². The van der Waals surface area contributed by atoms with Crippen LogP contribution in [0.3, 0.4) is 0 Å². The molecular weight excluding hydrogens is 430 g/mol. The summed E-state index contributed by atoms with van der Waals surface area (Å²) in [6, 6.07) is 17.6. The molecule has 0 saturated heterocycles. The van der Waals surface area contributed by atoms with Crippen LogP contribution in [0.2, 0.25) is 0 Å². The summed E-state index contributed by atoms with van der Waals surface area (Å²) < 4.78 is 2.37. The molecule has 5 rings (SSSR count). The van der Waals surface area contributed by atoms with Crippen LogP contribution in [0.5, 0.6) is 0 Å². The van der Waals surface area contributed by atoms with Crippen molar-refractivity contribution >= 4 is 27.5 Å². The Labute approximate surface area is 176 Å². The van der Waals surface area contributed by atoms with Gasteiger partial charge in [-0.15, -0.1) is 0 Å². The third-order valence-electron chi connectivity index (χ3n) is 5.40. The van der Waals surface area contributed by atoms with Crippen molar-refractivity contribution < 1.29 is 4.79 Å². The Hall–Kier alpha value is -3.06. The lowest BCUT2D eigenvalue weighted by Gasteiger charge is -2.35. The van der Waals surface area contributed by atoms with Gasteiger partial charge in [0.05, 0.1) is 17.4 Å². The van der Waals surface area contributed by atoms with Gasteiger partial charge in [-0.3, -0.25) is 9.78 Å². The molecule has 3 aromatic heterocycles. The van der Waals surface area contributed by atoms with Crippen LogP contribution in [0, 0.1) is 0 Å². The summed E-state index contributed by atoms with van der Waals surface area (Å²) in [5.74, 6) is -0.0796. The van der Waals surface area contributed by atoms with Crippen LogP contribution < -0.4 is 0 Å². The maximum absolute atomic E-state index is 13.5. The highest BCUT2D eigenvalue weighted by Crippen LogP contribution is 2.31. The molecule has 1 atom stereocenters. The molecule has 0 fully saturated rings. The van der Waals surface area contributed by atoms with E-state index < -0.39 is 0 Å². The second kappa shape index (κ2) is 7.08. The van der Waals surface area contributed by atoms with E-state index in [2.05, 4.69) is 56.1 Å². The molecule has 29 heavy (non-hydrogen) atoms. The standard InChI is InChI=1S/C22H18BrN5O/c1-14-16-7-3-2-6-15(16)9-11-27(14)22(29)18-12-19(17-8-4-5-10-24-17)28-21(25-18)13-20(23)26-28/h2-8,10,12-14H,9,11H2,1H3/t14-/m1/s1. The summed E-state index contributed by atoms with van der Waals surface area (Å²) >= 11 is 3.41. The molecular formula is C22H18BrN5O. The number of aromatic nitrogens is 4. The highest BCUT2D eigenvalue weighted by Gasteiger charge is 2.29. The number of carbonyl (C=O) groups excluding carboxylic acids is 1. The first-order valence-corrected chi connectivity index (χ1v) is 10.3. The van der Waals surface area contributed by atoms with E-state index in [1.54, 1.807) is 22.8 Å². The largest absolute Gasteiger partial charge is 0.330 e. The molecule has 0 unspecified atom stereocenters. The van der Waals surface area contributed by atoms with Crippen molar-refractivity contribution in [3.8, 4) is 11.4 Å². The lowest BCUT2D eigenvalue weighted by Crippen LogP contribution is -2.39. The molecule has 0 spiro atoms. The lowest BCUT2D eigenvalue weighted by molar-refractivity contribution is 0.0672. The zero-order chi connectivity index (χ0) is 20.0. The fourth-order valence-corrected chi connectivity index (χ4v) is 4.31. The monoisotopic (exact) mass is 447 g/mol. The third-order valence-corrected chi connectivity index (χ3v) is 5.79. The number of pyridine rings is 1. The topological polar surface area (TPSA) is 63.4 Å². The minimum absolute atomic E-state index is 0.000392. The number of carbonyl (C=O) groups is 1. The van der Waals surface area contributed by atoms with Crippen LogP contribution in [0.1, 0.15) is 34.6 Å². The van der Waals surface area contributed by atoms with Gasteiger partial charge in [-0.05, 0) is 58.6 Å². The minimum atomic E-state index is -0.0796. The summed E-state index contributed by atoms with van der Waals surface area (Å²) in [4.78, 5) is 24.4. The van der Waals surface area contributed by atoms with Gasteiger partial charge < -0.3 is 4.90 Å². The van der Waals surface area contributed by atoms with Crippen molar-refractivity contribution in [3.05, 3.63) is 82.2 Å². The molecule has 4 heterocycles. The molecule has 1 aliphatic rings. The zero-order valence-electron chi connectivity index (χ0n) is 15.8. The van der Waals surface area contributed by atoms with Crippen LogP contribution in [0.25, 0.3) is 17.0 Å². The Kier molecular flexibility index (Phi) is 4.39. The van der Waals surface area contributed by atoms with Gasteiger partial charge in [0.25, 0.3) is 5.91 Å². The maximum atomic E-state index is 13.5. The molecule has 0 bridgehead atoms. The average Bonchev–Trinajstić information content (AvgIpc) is 3.14. The number of hydrogen-bond donors (Lipinski definition) is 0. The molecule has 0 aliphatic carbocycles. The van der Waals surface area contributed by atoms with Crippen LogP contribution in [0.4, 0.5) is 0 Å². The number of amides is 1. The number of hydrogen-bond acceptors (Lipinski definition) is 4. The Morgan fingerprint density at radius 2 is 1.97 bits per heavy atom. The summed E-state index contributed by atoms with van der Waals surface area (Å²) in [6.45, 7) is 2.75. The van der Waals surface area contributed by atoms with Crippen molar-refractivity contribution in [2.24, 2.45) is 0 Å². The SMILES string of the molecule is C[C@@H]1c2ccccc2CCN1C(=O)c1cc(-c2ccccn2)n2nc(Br)cc2n1. The molecule has 6 nitrogen and oxygen atoms in total. The van der Waals surface area contributed by atoms with Gasteiger partial charge in [-0.2, -0.15) is 5.10 Å².